The van der Waals surface area contributed by atoms with Gasteiger partial charge in [-0.3, -0.25) is 10.1 Å². The van der Waals surface area contributed by atoms with Crippen molar-refractivity contribution in [2.75, 3.05) is 0 Å². The Morgan fingerprint density at radius 3 is 2.72 bits per heavy atom. The van der Waals surface area contributed by atoms with E-state index in [1.165, 1.54) is 0 Å². The molecule has 3 N–H and O–H groups in total. The standard InChI is InChI=1S/C13H18BrNO3/c1-3-6-13(2,12(17)18)15-8-9-7-10(14)4-5-11(9)16/h4-5,7,15-16H,3,6,8H2,1-2H3,(H,17,18). The molecule has 0 fully saturated rings. The number of carboxylic acid groups (broad SMARTS) is 1. The number of carbonyl (C=O) groups is 1. The molecule has 1 aromatic carbocycles. The summed E-state index contributed by atoms with van der Waals surface area (Å²) in [5, 5.41) is 21.9. The van der Waals surface area contributed by atoms with Crippen LogP contribution in [-0.4, -0.2) is 21.7 Å². The summed E-state index contributed by atoms with van der Waals surface area (Å²) in [5.41, 5.74) is -0.295. The summed E-state index contributed by atoms with van der Waals surface area (Å²) in [7, 11) is 0. The van der Waals surface area contributed by atoms with Gasteiger partial charge in [0.25, 0.3) is 0 Å². The first-order valence-electron chi connectivity index (χ1n) is 5.85. The zero-order valence-corrected chi connectivity index (χ0v) is 12.1. The van der Waals surface area contributed by atoms with Gasteiger partial charge in [-0.05, 0) is 31.5 Å². The van der Waals surface area contributed by atoms with Crippen molar-refractivity contribution in [3.63, 3.8) is 0 Å². The van der Waals surface area contributed by atoms with Gasteiger partial charge in [0.15, 0.2) is 0 Å². The number of hydrogen-bond acceptors (Lipinski definition) is 3. The van der Waals surface area contributed by atoms with E-state index in [1.54, 1.807) is 25.1 Å². The first-order chi connectivity index (χ1) is 8.39. The van der Waals surface area contributed by atoms with Crippen LogP contribution in [0.2, 0.25) is 0 Å². The van der Waals surface area contributed by atoms with Crippen LogP contribution in [-0.2, 0) is 11.3 Å². The predicted octanol–water partition coefficient (Wildman–Crippen LogP) is 2.89. The number of phenolic OH excluding ortho intramolecular Hbond substituents is 1. The van der Waals surface area contributed by atoms with E-state index in [0.717, 1.165) is 10.9 Å². The number of benzene rings is 1. The third-order valence-electron chi connectivity index (χ3n) is 2.93. The molecule has 0 saturated carbocycles. The maximum absolute atomic E-state index is 11.3. The van der Waals surface area contributed by atoms with Crippen molar-refractivity contribution in [2.45, 2.75) is 38.8 Å². The van der Waals surface area contributed by atoms with Gasteiger partial charge in [-0.2, -0.15) is 0 Å². The monoisotopic (exact) mass is 315 g/mol. The summed E-state index contributed by atoms with van der Waals surface area (Å²) in [6, 6.07) is 5.09. The van der Waals surface area contributed by atoms with Crippen molar-refractivity contribution in [1.82, 2.24) is 5.32 Å². The number of halogens is 1. The maximum atomic E-state index is 11.3. The minimum atomic E-state index is -0.969. The molecule has 5 heteroatoms. The van der Waals surface area contributed by atoms with Crippen LogP contribution in [0.1, 0.15) is 32.3 Å². The quantitative estimate of drug-likeness (QED) is 0.755. The highest BCUT2D eigenvalue weighted by atomic mass is 79.9. The lowest BCUT2D eigenvalue weighted by atomic mass is 9.96. The molecule has 0 spiro atoms. The van der Waals surface area contributed by atoms with Crippen LogP contribution in [0.15, 0.2) is 22.7 Å². The molecule has 0 heterocycles. The Morgan fingerprint density at radius 1 is 1.50 bits per heavy atom. The molecule has 0 radical (unpaired) electrons. The van der Waals surface area contributed by atoms with Crippen molar-refractivity contribution >= 4 is 21.9 Å². The van der Waals surface area contributed by atoms with E-state index in [9.17, 15) is 15.0 Å². The highest BCUT2D eigenvalue weighted by molar-refractivity contribution is 9.10. The average Bonchev–Trinajstić information content (AvgIpc) is 2.30. The van der Waals surface area contributed by atoms with E-state index in [4.69, 9.17) is 0 Å². The minimum Gasteiger partial charge on any atom is -0.508 e. The van der Waals surface area contributed by atoms with Crippen molar-refractivity contribution in [1.29, 1.82) is 0 Å². The number of aliphatic carboxylic acids is 1. The molecule has 0 bridgehead atoms. The van der Waals surface area contributed by atoms with E-state index in [1.807, 2.05) is 6.92 Å². The van der Waals surface area contributed by atoms with E-state index in [2.05, 4.69) is 21.2 Å². The Kier molecular flexibility index (Phi) is 5.16. The highest BCUT2D eigenvalue weighted by Crippen LogP contribution is 2.23. The smallest absolute Gasteiger partial charge is 0.323 e. The van der Waals surface area contributed by atoms with Crippen LogP contribution < -0.4 is 5.32 Å². The summed E-state index contributed by atoms with van der Waals surface area (Å²) in [4.78, 5) is 11.3. The fourth-order valence-electron chi connectivity index (χ4n) is 1.76. The number of nitrogens with one attached hydrogen (secondary N) is 1. The first-order valence-corrected chi connectivity index (χ1v) is 6.64. The SMILES string of the molecule is CCCC(C)(NCc1cc(Br)ccc1O)C(=O)O. The average molecular weight is 316 g/mol. The Labute approximate surface area is 115 Å². The van der Waals surface area contributed by atoms with E-state index in [0.29, 0.717) is 18.5 Å². The third-order valence-corrected chi connectivity index (χ3v) is 3.43. The highest BCUT2D eigenvalue weighted by Gasteiger charge is 2.31. The molecule has 1 aromatic rings. The largest absolute Gasteiger partial charge is 0.508 e. The van der Waals surface area contributed by atoms with Gasteiger partial charge in [-0.25, -0.2) is 0 Å². The van der Waals surface area contributed by atoms with Gasteiger partial charge in [0, 0.05) is 16.6 Å². The lowest BCUT2D eigenvalue weighted by Crippen LogP contribution is -2.48. The van der Waals surface area contributed by atoms with Crippen LogP contribution in [0.3, 0.4) is 0 Å². The minimum absolute atomic E-state index is 0.162. The van der Waals surface area contributed by atoms with E-state index in [-0.39, 0.29) is 5.75 Å². The fourth-order valence-corrected chi connectivity index (χ4v) is 2.17. The Bertz CT molecular complexity index is 436. The number of rotatable bonds is 6. The number of hydrogen-bond donors (Lipinski definition) is 3. The van der Waals surface area contributed by atoms with Gasteiger partial charge in [-0.1, -0.05) is 29.3 Å². The summed E-state index contributed by atoms with van der Waals surface area (Å²) in [6.07, 6.45) is 1.32. The molecule has 0 saturated heterocycles. The van der Waals surface area contributed by atoms with E-state index < -0.39 is 11.5 Å². The molecule has 1 rings (SSSR count). The Hall–Kier alpha value is -1.07. The van der Waals surface area contributed by atoms with Crippen LogP contribution in [0.25, 0.3) is 0 Å². The second kappa shape index (κ2) is 6.20. The molecule has 18 heavy (non-hydrogen) atoms. The van der Waals surface area contributed by atoms with Crippen molar-refractivity contribution in [3.8, 4) is 5.75 Å². The summed E-state index contributed by atoms with van der Waals surface area (Å²) >= 11 is 3.32. The molecule has 4 nitrogen and oxygen atoms in total. The van der Waals surface area contributed by atoms with Gasteiger partial charge >= 0.3 is 5.97 Å². The second-order valence-corrected chi connectivity index (χ2v) is 5.43. The molecule has 0 aliphatic heterocycles. The lowest BCUT2D eigenvalue weighted by molar-refractivity contribution is -0.144. The second-order valence-electron chi connectivity index (χ2n) is 4.51. The molecule has 0 aliphatic carbocycles. The molecular formula is C13H18BrNO3. The molecule has 1 unspecified atom stereocenters. The van der Waals surface area contributed by atoms with Gasteiger partial charge in [0.1, 0.15) is 11.3 Å². The van der Waals surface area contributed by atoms with Crippen molar-refractivity contribution in [3.05, 3.63) is 28.2 Å². The summed E-state index contributed by atoms with van der Waals surface area (Å²) in [6.45, 7) is 3.92. The summed E-state index contributed by atoms with van der Waals surface area (Å²) in [5.74, 6) is -0.714. The van der Waals surface area contributed by atoms with Gasteiger partial charge in [0.2, 0.25) is 0 Å². The van der Waals surface area contributed by atoms with E-state index >= 15 is 0 Å². The zero-order valence-electron chi connectivity index (χ0n) is 10.5. The molecule has 0 aliphatic rings. The van der Waals surface area contributed by atoms with Gasteiger partial charge in [-0.15, -0.1) is 0 Å². The third kappa shape index (κ3) is 3.71. The maximum Gasteiger partial charge on any atom is 0.323 e. The molecular weight excluding hydrogens is 298 g/mol. The van der Waals surface area contributed by atoms with Crippen molar-refractivity contribution in [2.24, 2.45) is 0 Å². The Balaban J connectivity index is 2.79. The molecule has 0 amide bonds. The lowest BCUT2D eigenvalue weighted by Gasteiger charge is -2.26. The zero-order chi connectivity index (χ0) is 13.8. The van der Waals surface area contributed by atoms with Gasteiger partial charge in [0.05, 0.1) is 0 Å². The molecule has 0 aromatic heterocycles. The Morgan fingerprint density at radius 2 is 2.17 bits per heavy atom. The van der Waals surface area contributed by atoms with Crippen LogP contribution in [0.4, 0.5) is 0 Å². The predicted molar refractivity (Wildman–Crippen MR) is 73.6 cm³/mol. The topological polar surface area (TPSA) is 69.6 Å². The number of phenols is 1. The first kappa shape index (κ1) is 15.0. The number of aromatic hydroxyl groups is 1. The fraction of sp³-hybridized carbons (Fsp3) is 0.462. The van der Waals surface area contributed by atoms with Gasteiger partial charge < -0.3 is 10.2 Å². The molecule has 1 atom stereocenters. The molecule has 100 valence electrons. The van der Waals surface area contributed by atoms with Crippen molar-refractivity contribution < 1.29 is 15.0 Å². The number of carboxylic acids is 1. The van der Waals surface area contributed by atoms with Crippen LogP contribution in [0, 0.1) is 0 Å². The summed E-state index contributed by atoms with van der Waals surface area (Å²) < 4.78 is 0.851. The normalized spacial score (nSPS) is 14.2. The van der Waals surface area contributed by atoms with Crippen LogP contribution in [0.5, 0.6) is 5.75 Å². The van der Waals surface area contributed by atoms with Crippen LogP contribution >= 0.6 is 15.9 Å².